The summed E-state index contributed by atoms with van der Waals surface area (Å²) in [4.78, 5) is 7.97. The molecule has 0 aliphatic heterocycles. The van der Waals surface area contributed by atoms with E-state index >= 15 is 0 Å². The summed E-state index contributed by atoms with van der Waals surface area (Å²) in [6.07, 6.45) is 4.61. The van der Waals surface area contributed by atoms with Gasteiger partial charge in [-0.15, -0.1) is 10.2 Å². The van der Waals surface area contributed by atoms with E-state index in [0.29, 0.717) is 17.3 Å². The molecule has 9 heteroatoms. The van der Waals surface area contributed by atoms with E-state index in [1.807, 2.05) is 35.9 Å². The van der Waals surface area contributed by atoms with Gasteiger partial charge in [0.2, 0.25) is 0 Å². The molecule has 0 spiro atoms. The molecule has 3 aromatic heterocycles. The van der Waals surface area contributed by atoms with Crippen molar-refractivity contribution in [3.8, 4) is 22.7 Å². The van der Waals surface area contributed by atoms with Gasteiger partial charge < -0.3 is 14.6 Å². The molecule has 0 radical (unpaired) electrons. The maximum absolute atomic E-state index is 13.7. The highest BCUT2D eigenvalue weighted by atomic mass is 19.1. The second-order valence-corrected chi connectivity index (χ2v) is 6.55. The van der Waals surface area contributed by atoms with Gasteiger partial charge in [-0.05, 0) is 31.2 Å². The summed E-state index contributed by atoms with van der Waals surface area (Å²) < 4.78 is 34.0. The lowest BCUT2D eigenvalue weighted by atomic mass is 10.1. The van der Waals surface area contributed by atoms with Crippen LogP contribution < -0.4 is 10.1 Å². The van der Waals surface area contributed by atoms with E-state index < -0.39 is 11.6 Å². The molecule has 4 rings (SSSR count). The van der Waals surface area contributed by atoms with E-state index in [-0.39, 0.29) is 12.2 Å². The third-order valence-corrected chi connectivity index (χ3v) is 4.45. The number of ether oxygens (including phenoxy) is 1. The molecule has 0 unspecified atom stereocenters. The Morgan fingerprint density at radius 2 is 1.93 bits per heavy atom. The third-order valence-electron chi connectivity index (χ3n) is 4.45. The van der Waals surface area contributed by atoms with Crippen molar-refractivity contribution in [2.45, 2.75) is 13.5 Å². The van der Waals surface area contributed by atoms with Crippen LogP contribution in [0.25, 0.3) is 16.9 Å². The summed E-state index contributed by atoms with van der Waals surface area (Å²) in [6.45, 7) is 1.98. The Bertz CT molecular complexity index is 1180. The number of rotatable bonds is 6. The van der Waals surface area contributed by atoms with E-state index in [1.165, 1.54) is 0 Å². The molecule has 1 N–H and O–H groups in total. The number of imidazole rings is 1. The highest BCUT2D eigenvalue weighted by molar-refractivity contribution is 5.65. The molecule has 1 aromatic carbocycles. The van der Waals surface area contributed by atoms with E-state index in [0.717, 1.165) is 29.2 Å². The average molecular weight is 408 g/mol. The number of aromatic nitrogens is 5. The minimum Gasteiger partial charge on any atom is -0.495 e. The second kappa shape index (κ2) is 8.24. The van der Waals surface area contributed by atoms with Gasteiger partial charge in [-0.3, -0.25) is 4.98 Å². The van der Waals surface area contributed by atoms with Crippen LogP contribution in [0.4, 0.5) is 14.6 Å². The molecule has 7 nitrogen and oxygen atoms in total. The van der Waals surface area contributed by atoms with Crippen LogP contribution in [0.2, 0.25) is 0 Å². The molecule has 152 valence electrons. The Balaban J connectivity index is 1.51. The number of benzene rings is 1. The van der Waals surface area contributed by atoms with E-state index in [1.54, 1.807) is 25.6 Å². The number of hydrogen-bond acceptors (Lipinski definition) is 6. The summed E-state index contributed by atoms with van der Waals surface area (Å²) >= 11 is 0. The maximum atomic E-state index is 13.7. The van der Waals surface area contributed by atoms with Crippen LogP contribution in [0.5, 0.6) is 5.75 Å². The Kier molecular flexibility index (Phi) is 5.34. The van der Waals surface area contributed by atoms with Gasteiger partial charge in [-0.25, -0.2) is 13.8 Å². The summed E-state index contributed by atoms with van der Waals surface area (Å²) in [5.41, 5.74) is 3.35. The van der Waals surface area contributed by atoms with Crippen LogP contribution in [-0.2, 0) is 6.54 Å². The first-order valence-corrected chi connectivity index (χ1v) is 9.10. The van der Waals surface area contributed by atoms with Gasteiger partial charge >= 0.3 is 0 Å². The highest BCUT2D eigenvalue weighted by Gasteiger charge is 2.10. The molecule has 0 saturated carbocycles. The van der Waals surface area contributed by atoms with Crippen LogP contribution in [0.3, 0.4) is 0 Å². The lowest BCUT2D eigenvalue weighted by Crippen LogP contribution is -2.06. The number of halogens is 2. The Labute approximate surface area is 171 Å². The molecular weight excluding hydrogens is 390 g/mol. The van der Waals surface area contributed by atoms with Crippen molar-refractivity contribution in [2.75, 3.05) is 12.4 Å². The fraction of sp³-hybridized carbons (Fsp3) is 0.143. The quantitative estimate of drug-likeness (QED) is 0.521. The SMILES string of the molecule is COc1cc(-c2ccc(NCc3ncc(F)cc3F)nn2)ccc1-n1cnc(C)c1. The monoisotopic (exact) mass is 408 g/mol. The maximum Gasteiger partial charge on any atom is 0.149 e. The lowest BCUT2D eigenvalue weighted by molar-refractivity contribution is 0.413. The number of hydrogen-bond donors (Lipinski definition) is 1. The number of methoxy groups -OCH3 is 1. The number of pyridine rings is 1. The highest BCUT2D eigenvalue weighted by Crippen LogP contribution is 2.29. The van der Waals surface area contributed by atoms with Crippen LogP contribution in [0.1, 0.15) is 11.4 Å². The summed E-state index contributed by atoms with van der Waals surface area (Å²) in [6, 6.07) is 10.0. The molecule has 0 saturated heterocycles. The topological polar surface area (TPSA) is 77.8 Å². The summed E-state index contributed by atoms with van der Waals surface area (Å²) in [5, 5.41) is 11.3. The Morgan fingerprint density at radius 3 is 2.60 bits per heavy atom. The lowest BCUT2D eigenvalue weighted by Gasteiger charge is -2.11. The number of nitrogens with zero attached hydrogens (tertiary/aromatic N) is 5. The fourth-order valence-corrected chi connectivity index (χ4v) is 2.93. The first kappa shape index (κ1) is 19.4. The van der Waals surface area contributed by atoms with E-state index in [2.05, 4.69) is 25.5 Å². The molecule has 4 aromatic rings. The number of anilines is 1. The number of aryl methyl sites for hydroxylation is 1. The van der Waals surface area contributed by atoms with E-state index in [9.17, 15) is 8.78 Å². The van der Waals surface area contributed by atoms with Crippen LogP contribution in [-0.4, -0.2) is 31.8 Å². The van der Waals surface area contributed by atoms with Crippen LogP contribution in [0, 0.1) is 18.6 Å². The largest absolute Gasteiger partial charge is 0.495 e. The average Bonchev–Trinajstić information content (AvgIpc) is 3.19. The van der Waals surface area contributed by atoms with Crippen LogP contribution >= 0.6 is 0 Å². The minimum atomic E-state index is -0.718. The molecule has 3 heterocycles. The second-order valence-electron chi connectivity index (χ2n) is 6.55. The van der Waals surface area contributed by atoms with Crippen molar-refractivity contribution in [1.82, 2.24) is 24.7 Å². The Hall–Kier alpha value is -3.88. The zero-order chi connectivity index (χ0) is 21.1. The zero-order valence-corrected chi connectivity index (χ0v) is 16.3. The molecule has 0 atom stereocenters. The predicted octanol–water partition coefficient (Wildman–Crippen LogP) is 3.93. The van der Waals surface area contributed by atoms with Crippen molar-refractivity contribution in [2.24, 2.45) is 0 Å². The molecule has 0 bridgehead atoms. The predicted molar refractivity (Wildman–Crippen MR) is 107 cm³/mol. The molecule has 0 fully saturated rings. The molecular formula is C21H18F2N6O. The van der Waals surface area contributed by atoms with Gasteiger partial charge in [0.1, 0.15) is 23.2 Å². The summed E-state index contributed by atoms with van der Waals surface area (Å²) in [7, 11) is 1.60. The van der Waals surface area contributed by atoms with Crippen LogP contribution in [0.15, 0.2) is 55.1 Å². The van der Waals surface area contributed by atoms with E-state index in [4.69, 9.17) is 4.74 Å². The zero-order valence-electron chi connectivity index (χ0n) is 16.3. The van der Waals surface area contributed by atoms with Gasteiger partial charge in [0.05, 0.1) is 48.9 Å². The smallest absolute Gasteiger partial charge is 0.149 e. The minimum absolute atomic E-state index is 0.0625. The third kappa shape index (κ3) is 4.09. The number of nitrogens with one attached hydrogen (secondary N) is 1. The Morgan fingerprint density at radius 1 is 1.07 bits per heavy atom. The standard InChI is InChI=1S/C21H18F2N6O/c1-13-11-29(12-26-13)19-5-3-14(7-20(19)30-2)17-4-6-21(28-27-17)25-10-18-16(23)8-15(22)9-24-18/h3-9,11-12H,10H2,1-2H3,(H,25,28). The first-order chi connectivity index (χ1) is 14.5. The normalized spacial score (nSPS) is 10.8. The van der Waals surface area contributed by atoms with Gasteiger partial charge in [0.15, 0.2) is 0 Å². The van der Waals surface area contributed by atoms with Gasteiger partial charge in [0, 0.05) is 17.8 Å². The van der Waals surface area contributed by atoms with Crippen molar-refractivity contribution in [3.63, 3.8) is 0 Å². The summed E-state index contributed by atoms with van der Waals surface area (Å²) in [5.74, 6) is -0.314. The molecule has 0 amide bonds. The van der Waals surface area contributed by atoms with Crippen molar-refractivity contribution in [1.29, 1.82) is 0 Å². The fourth-order valence-electron chi connectivity index (χ4n) is 2.93. The van der Waals surface area contributed by atoms with Gasteiger partial charge in [-0.2, -0.15) is 0 Å². The molecule has 0 aliphatic carbocycles. The van der Waals surface area contributed by atoms with Gasteiger partial charge in [-0.1, -0.05) is 6.07 Å². The van der Waals surface area contributed by atoms with Crippen molar-refractivity contribution < 1.29 is 13.5 Å². The first-order valence-electron chi connectivity index (χ1n) is 9.10. The van der Waals surface area contributed by atoms with Gasteiger partial charge in [0.25, 0.3) is 0 Å². The van der Waals surface area contributed by atoms with Crippen molar-refractivity contribution >= 4 is 5.82 Å². The molecule has 0 aliphatic rings. The van der Waals surface area contributed by atoms with Crippen molar-refractivity contribution in [3.05, 3.63) is 78.1 Å². The molecule has 30 heavy (non-hydrogen) atoms.